The molecule has 3 saturated heterocycles. The summed E-state index contributed by atoms with van der Waals surface area (Å²) in [4.78, 5) is 10.2. The third-order valence-electron chi connectivity index (χ3n) is 5.77. The molecule has 1 N–H and O–H groups in total. The predicted octanol–water partition coefficient (Wildman–Crippen LogP) is 1.66. The first-order valence-corrected chi connectivity index (χ1v) is 11.5. The molecule has 6 nitrogen and oxygen atoms in total. The summed E-state index contributed by atoms with van der Waals surface area (Å²) >= 11 is 2.08. The molecule has 0 radical (unpaired) electrons. The van der Waals surface area contributed by atoms with Gasteiger partial charge in [-0.3, -0.25) is 9.89 Å². The highest BCUT2D eigenvalue weighted by molar-refractivity contribution is 7.99. The molecule has 0 aromatic rings. The molecular formula is C19H36N4O2S. The molecule has 0 amide bonds. The minimum Gasteiger partial charge on any atom is -0.379 e. The average Bonchev–Trinajstić information content (AvgIpc) is 3.17. The molecular weight excluding hydrogens is 348 g/mol. The van der Waals surface area contributed by atoms with Crippen LogP contribution in [0.3, 0.4) is 0 Å². The molecule has 150 valence electrons. The molecule has 7 heteroatoms. The van der Waals surface area contributed by atoms with Crippen molar-refractivity contribution in [2.45, 2.75) is 44.8 Å². The van der Waals surface area contributed by atoms with Crippen LogP contribution in [0.4, 0.5) is 0 Å². The summed E-state index contributed by atoms with van der Waals surface area (Å²) in [5.41, 5.74) is 0.221. The van der Waals surface area contributed by atoms with Gasteiger partial charge in [-0.15, -0.1) is 0 Å². The van der Waals surface area contributed by atoms with Crippen molar-refractivity contribution in [2.24, 2.45) is 4.99 Å². The number of guanidine groups is 1. The van der Waals surface area contributed by atoms with E-state index in [1.54, 1.807) is 0 Å². The number of hydrogen-bond acceptors (Lipinski definition) is 5. The maximum Gasteiger partial charge on any atom is 0.193 e. The first-order chi connectivity index (χ1) is 12.8. The highest BCUT2D eigenvalue weighted by Crippen LogP contribution is 2.34. The van der Waals surface area contributed by atoms with Crippen molar-refractivity contribution in [3.05, 3.63) is 0 Å². The lowest BCUT2D eigenvalue weighted by atomic mass is 9.96. The molecule has 3 rings (SSSR count). The number of ether oxygens (including phenoxy) is 2. The van der Waals surface area contributed by atoms with E-state index in [0.29, 0.717) is 6.10 Å². The van der Waals surface area contributed by atoms with Crippen molar-refractivity contribution < 1.29 is 9.47 Å². The zero-order valence-electron chi connectivity index (χ0n) is 16.5. The van der Waals surface area contributed by atoms with E-state index in [1.165, 1.54) is 17.9 Å². The van der Waals surface area contributed by atoms with Gasteiger partial charge in [0.15, 0.2) is 5.96 Å². The van der Waals surface area contributed by atoms with Crippen molar-refractivity contribution in [1.82, 2.24) is 15.1 Å². The van der Waals surface area contributed by atoms with Crippen LogP contribution in [0.2, 0.25) is 0 Å². The van der Waals surface area contributed by atoms with E-state index >= 15 is 0 Å². The van der Waals surface area contributed by atoms with E-state index in [-0.39, 0.29) is 5.54 Å². The van der Waals surface area contributed by atoms with E-state index in [0.717, 1.165) is 77.9 Å². The molecule has 3 heterocycles. The van der Waals surface area contributed by atoms with Gasteiger partial charge in [0.1, 0.15) is 0 Å². The number of nitrogens with one attached hydrogen (secondary N) is 1. The second kappa shape index (κ2) is 10.2. The Morgan fingerprint density at radius 3 is 2.62 bits per heavy atom. The van der Waals surface area contributed by atoms with Gasteiger partial charge in [0, 0.05) is 45.1 Å². The van der Waals surface area contributed by atoms with Crippen molar-refractivity contribution in [2.75, 3.05) is 70.6 Å². The minimum atomic E-state index is 0.221. The van der Waals surface area contributed by atoms with E-state index in [2.05, 4.69) is 40.7 Å². The van der Waals surface area contributed by atoms with Crippen LogP contribution in [0, 0.1) is 0 Å². The largest absolute Gasteiger partial charge is 0.379 e. The van der Waals surface area contributed by atoms with Gasteiger partial charge in [0.25, 0.3) is 0 Å². The molecule has 0 aromatic heterocycles. The van der Waals surface area contributed by atoms with Crippen LogP contribution in [0.5, 0.6) is 0 Å². The van der Waals surface area contributed by atoms with Gasteiger partial charge in [0.05, 0.1) is 31.4 Å². The Morgan fingerprint density at radius 2 is 2.00 bits per heavy atom. The highest BCUT2D eigenvalue weighted by Gasteiger charge is 2.40. The molecule has 0 aromatic carbocycles. The van der Waals surface area contributed by atoms with Crippen molar-refractivity contribution in [3.63, 3.8) is 0 Å². The van der Waals surface area contributed by atoms with Crippen molar-refractivity contribution in [3.8, 4) is 0 Å². The van der Waals surface area contributed by atoms with Gasteiger partial charge < -0.3 is 19.7 Å². The Hall–Kier alpha value is -0.500. The lowest BCUT2D eigenvalue weighted by Gasteiger charge is -2.42. The van der Waals surface area contributed by atoms with Gasteiger partial charge in [0.2, 0.25) is 0 Å². The Morgan fingerprint density at radius 1 is 1.23 bits per heavy atom. The Kier molecular flexibility index (Phi) is 7.91. The Labute approximate surface area is 163 Å². The molecule has 3 aliphatic rings. The monoisotopic (exact) mass is 384 g/mol. The number of rotatable bonds is 6. The number of thioether (sulfide) groups is 1. The van der Waals surface area contributed by atoms with Gasteiger partial charge in [-0.25, -0.2) is 0 Å². The van der Waals surface area contributed by atoms with Crippen LogP contribution < -0.4 is 5.32 Å². The zero-order valence-corrected chi connectivity index (χ0v) is 17.4. The van der Waals surface area contributed by atoms with Crippen LogP contribution in [0.1, 0.15) is 33.1 Å². The van der Waals surface area contributed by atoms with Crippen LogP contribution in [-0.4, -0.2) is 98.0 Å². The average molecular weight is 385 g/mol. The van der Waals surface area contributed by atoms with Crippen molar-refractivity contribution in [1.29, 1.82) is 0 Å². The summed E-state index contributed by atoms with van der Waals surface area (Å²) in [5, 5.41) is 3.53. The van der Waals surface area contributed by atoms with Gasteiger partial charge in [-0.1, -0.05) is 0 Å². The number of aliphatic imine (C=N–C) groups is 1. The standard InChI is InChI=1S/C19H36N4O2S/c1-3-20-18(22-8-5-17(6-9-22)25-4-2)21-15-19(7-14-26-16-19)23-10-12-24-13-11-23/h17H,3-16H2,1-2H3,(H,20,21). The molecule has 1 unspecified atom stereocenters. The second-order valence-electron chi connectivity index (χ2n) is 7.44. The highest BCUT2D eigenvalue weighted by atomic mass is 32.2. The second-order valence-corrected chi connectivity index (χ2v) is 8.54. The fourth-order valence-corrected chi connectivity index (χ4v) is 5.69. The molecule has 1 atom stereocenters. The fraction of sp³-hybridized carbons (Fsp3) is 0.947. The summed E-state index contributed by atoms with van der Waals surface area (Å²) in [6, 6.07) is 0. The first-order valence-electron chi connectivity index (χ1n) is 10.3. The molecule has 3 aliphatic heterocycles. The first kappa shape index (κ1) is 20.2. The normalized spacial score (nSPS) is 29.3. The van der Waals surface area contributed by atoms with Gasteiger partial charge in [-0.05, 0) is 38.9 Å². The Balaban J connectivity index is 1.63. The molecule has 0 aliphatic carbocycles. The number of hydrogen-bond donors (Lipinski definition) is 1. The lowest BCUT2D eigenvalue weighted by Crippen LogP contribution is -2.56. The van der Waals surface area contributed by atoms with E-state index in [1.807, 2.05) is 0 Å². The predicted molar refractivity (Wildman–Crippen MR) is 109 cm³/mol. The third kappa shape index (κ3) is 5.06. The summed E-state index contributed by atoms with van der Waals surface area (Å²) in [6.07, 6.45) is 3.86. The molecule has 0 bridgehead atoms. The molecule has 3 fully saturated rings. The van der Waals surface area contributed by atoms with E-state index in [4.69, 9.17) is 14.5 Å². The summed E-state index contributed by atoms with van der Waals surface area (Å²) in [6.45, 7) is 12.8. The number of piperidine rings is 1. The summed E-state index contributed by atoms with van der Waals surface area (Å²) < 4.78 is 11.4. The quantitative estimate of drug-likeness (QED) is 0.555. The van der Waals surface area contributed by atoms with Crippen LogP contribution in [0.15, 0.2) is 4.99 Å². The number of likely N-dealkylation sites (tertiary alicyclic amines) is 1. The molecule has 0 saturated carbocycles. The maximum absolute atomic E-state index is 5.80. The summed E-state index contributed by atoms with van der Waals surface area (Å²) in [7, 11) is 0. The van der Waals surface area contributed by atoms with E-state index < -0.39 is 0 Å². The molecule has 0 spiro atoms. The van der Waals surface area contributed by atoms with Crippen LogP contribution in [0.25, 0.3) is 0 Å². The fourth-order valence-electron chi connectivity index (χ4n) is 4.23. The Bertz CT molecular complexity index is 443. The summed E-state index contributed by atoms with van der Waals surface area (Å²) in [5.74, 6) is 3.54. The number of nitrogens with zero attached hydrogens (tertiary/aromatic N) is 3. The zero-order chi connectivity index (χ0) is 18.2. The maximum atomic E-state index is 5.80. The third-order valence-corrected chi connectivity index (χ3v) is 7.00. The molecule has 26 heavy (non-hydrogen) atoms. The van der Waals surface area contributed by atoms with Crippen molar-refractivity contribution >= 4 is 17.7 Å². The smallest absolute Gasteiger partial charge is 0.193 e. The van der Waals surface area contributed by atoms with Crippen LogP contribution >= 0.6 is 11.8 Å². The topological polar surface area (TPSA) is 49.3 Å². The number of morpholine rings is 1. The van der Waals surface area contributed by atoms with E-state index in [9.17, 15) is 0 Å². The lowest BCUT2D eigenvalue weighted by molar-refractivity contribution is -0.0105. The minimum absolute atomic E-state index is 0.221. The van der Waals surface area contributed by atoms with Gasteiger partial charge >= 0.3 is 0 Å². The van der Waals surface area contributed by atoms with Gasteiger partial charge in [-0.2, -0.15) is 11.8 Å². The van der Waals surface area contributed by atoms with Crippen LogP contribution in [-0.2, 0) is 9.47 Å². The SMILES string of the molecule is CCNC(=NCC1(N2CCOCC2)CCSC1)N1CCC(OCC)CC1.